The van der Waals surface area contributed by atoms with Crippen molar-refractivity contribution in [2.45, 2.75) is 6.61 Å². The van der Waals surface area contributed by atoms with Crippen LogP contribution in [0, 0.1) is 5.82 Å². The van der Waals surface area contributed by atoms with E-state index in [0.29, 0.717) is 27.9 Å². The monoisotopic (exact) mass is 361 g/mol. The van der Waals surface area contributed by atoms with Crippen LogP contribution in [0.25, 0.3) is 0 Å². The minimum Gasteiger partial charge on any atom is -0.489 e. The molecule has 0 atom stereocenters. The molecule has 6 heteroatoms. The van der Waals surface area contributed by atoms with Crippen molar-refractivity contribution in [2.75, 3.05) is 5.32 Å². The molecule has 0 radical (unpaired) electrons. The number of hydrogen-bond donors (Lipinski definition) is 1. The van der Waals surface area contributed by atoms with Gasteiger partial charge < -0.3 is 10.1 Å². The van der Waals surface area contributed by atoms with E-state index in [0.717, 1.165) is 5.56 Å². The number of rotatable bonds is 5. The third-order valence-corrected chi connectivity index (χ3v) is 4.39. The number of thiophene rings is 1. The van der Waals surface area contributed by atoms with Crippen LogP contribution in [0.4, 0.5) is 10.1 Å². The lowest BCUT2D eigenvalue weighted by Crippen LogP contribution is -2.10. The second-order valence-electron chi connectivity index (χ2n) is 5.03. The Hall–Kier alpha value is -2.37. The third-order valence-electron chi connectivity index (χ3n) is 3.18. The lowest BCUT2D eigenvalue weighted by Gasteiger charge is -2.04. The number of halogens is 2. The summed E-state index contributed by atoms with van der Waals surface area (Å²) in [5, 5.41) is 5.22. The van der Waals surface area contributed by atoms with Crippen molar-refractivity contribution in [2.24, 2.45) is 0 Å². The Balaban J connectivity index is 1.60. The van der Waals surface area contributed by atoms with Crippen molar-refractivity contribution >= 4 is 34.5 Å². The molecule has 3 rings (SSSR count). The molecule has 122 valence electrons. The first kappa shape index (κ1) is 16.5. The summed E-state index contributed by atoms with van der Waals surface area (Å²) in [4.78, 5) is 12.8. The van der Waals surface area contributed by atoms with Crippen molar-refractivity contribution in [1.82, 2.24) is 0 Å². The first-order chi connectivity index (χ1) is 11.6. The summed E-state index contributed by atoms with van der Waals surface area (Å²) in [6, 6.07) is 14.6. The highest BCUT2D eigenvalue weighted by atomic mass is 35.5. The Labute approximate surface area is 147 Å². The van der Waals surface area contributed by atoms with Crippen molar-refractivity contribution in [3.05, 3.63) is 81.3 Å². The first-order valence-electron chi connectivity index (χ1n) is 7.13. The molecule has 24 heavy (non-hydrogen) atoms. The van der Waals surface area contributed by atoms with Crippen LogP contribution in [-0.2, 0) is 6.61 Å². The van der Waals surface area contributed by atoms with Crippen LogP contribution in [-0.4, -0.2) is 5.91 Å². The molecule has 0 unspecified atom stereocenters. The summed E-state index contributed by atoms with van der Waals surface area (Å²) < 4.78 is 18.4. The molecule has 1 heterocycles. The number of carbonyl (C=O) groups excluding carboxylic acids is 1. The molecule has 1 aromatic heterocycles. The summed E-state index contributed by atoms with van der Waals surface area (Å²) in [6.07, 6.45) is 0. The fourth-order valence-electron chi connectivity index (χ4n) is 2.03. The SMILES string of the molecule is O=C(Nc1cccc(Cl)c1)c1cc(COc2ccc(F)cc2)cs1. The molecule has 0 fully saturated rings. The summed E-state index contributed by atoms with van der Waals surface area (Å²) in [5.74, 6) is 0.0701. The van der Waals surface area contributed by atoms with E-state index in [1.165, 1.54) is 23.5 Å². The highest BCUT2D eigenvalue weighted by Gasteiger charge is 2.10. The Morgan fingerprint density at radius 2 is 1.96 bits per heavy atom. The van der Waals surface area contributed by atoms with Gasteiger partial charge in [-0.25, -0.2) is 4.39 Å². The molecule has 0 aliphatic carbocycles. The van der Waals surface area contributed by atoms with Gasteiger partial charge in [0.25, 0.3) is 5.91 Å². The van der Waals surface area contributed by atoms with E-state index in [1.807, 2.05) is 5.38 Å². The molecule has 0 aliphatic heterocycles. The van der Waals surface area contributed by atoms with Crippen molar-refractivity contribution < 1.29 is 13.9 Å². The Bertz CT molecular complexity index is 848. The molecule has 1 amide bonds. The lowest BCUT2D eigenvalue weighted by molar-refractivity contribution is 0.103. The predicted molar refractivity (Wildman–Crippen MR) is 94.5 cm³/mol. The summed E-state index contributed by atoms with van der Waals surface area (Å²) in [6.45, 7) is 0.312. The van der Waals surface area contributed by atoms with E-state index in [9.17, 15) is 9.18 Å². The molecule has 0 spiro atoms. The minimum absolute atomic E-state index is 0.199. The number of hydrogen-bond acceptors (Lipinski definition) is 3. The zero-order chi connectivity index (χ0) is 16.9. The second kappa shape index (κ2) is 7.47. The number of anilines is 1. The minimum atomic E-state index is -0.308. The maximum absolute atomic E-state index is 12.8. The van der Waals surface area contributed by atoms with Crippen LogP contribution < -0.4 is 10.1 Å². The molecule has 0 bridgehead atoms. The first-order valence-corrected chi connectivity index (χ1v) is 8.38. The van der Waals surface area contributed by atoms with Crippen LogP contribution >= 0.6 is 22.9 Å². The fourth-order valence-corrected chi connectivity index (χ4v) is 3.01. The smallest absolute Gasteiger partial charge is 0.265 e. The van der Waals surface area contributed by atoms with Crippen LogP contribution in [0.2, 0.25) is 5.02 Å². The van der Waals surface area contributed by atoms with Gasteiger partial charge in [0, 0.05) is 16.3 Å². The van der Waals surface area contributed by atoms with Gasteiger partial charge in [-0.15, -0.1) is 11.3 Å². The summed E-state index contributed by atoms with van der Waals surface area (Å²) in [5.41, 5.74) is 1.52. The van der Waals surface area contributed by atoms with Gasteiger partial charge in [0.15, 0.2) is 0 Å². The number of amides is 1. The Kier molecular flexibility index (Phi) is 5.13. The van der Waals surface area contributed by atoms with E-state index in [4.69, 9.17) is 16.3 Å². The third kappa shape index (κ3) is 4.34. The number of benzene rings is 2. The molecular weight excluding hydrogens is 349 g/mol. The Morgan fingerprint density at radius 3 is 2.71 bits per heavy atom. The summed E-state index contributed by atoms with van der Waals surface area (Å²) in [7, 11) is 0. The zero-order valence-corrected chi connectivity index (χ0v) is 14.0. The van der Waals surface area contributed by atoms with Crippen LogP contribution in [0.1, 0.15) is 15.2 Å². The summed E-state index contributed by atoms with van der Waals surface area (Å²) >= 11 is 7.23. The number of carbonyl (C=O) groups is 1. The van der Waals surface area contributed by atoms with Crippen molar-refractivity contribution in [1.29, 1.82) is 0 Å². The average Bonchev–Trinajstić information content (AvgIpc) is 3.03. The van der Waals surface area contributed by atoms with Gasteiger partial charge in [-0.1, -0.05) is 17.7 Å². The topological polar surface area (TPSA) is 38.3 Å². The van der Waals surface area contributed by atoms with Gasteiger partial charge in [0.2, 0.25) is 0 Å². The number of nitrogens with one attached hydrogen (secondary N) is 1. The quantitative estimate of drug-likeness (QED) is 0.663. The zero-order valence-electron chi connectivity index (χ0n) is 12.5. The molecule has 3 aromatic rings. The maximum atomic E-state index is 12.8. The normalized spacial score (nSPS) is 10.4. The Morgan fingerprint density at radius 1 is 1.17 bits per heavy atom. The van der Waals surface area contributed by atoms with Gasteiger partial charge in [0.05, 0.1) is 4.88 Å². The molecule has 0 saturated heterocycles. The highest BCUT2D eigenvalue weighted by Crippen LogP contribution is 2.21. The molecule has 3 nitrogen and oxygen atoms in total. The van der Waals surface area contributed by atoms with Gasteiger partial charge in [-0.3, -0.25) is 4.79 Å². The van der Waals surface area contributed by atoms with Crippen LogP contribution in [0.3, 0.4) is 0 Å². The van der Waals surface area contributed by atoms with E-state index < -0.39 is 0 Å². The van der Waals surface area contributed by atoms with Crippen molar-refractivity contribution in [3.63, 3.8) is 0 Å². The van der Waals surface area contributed by atoms with Gasteiger partial charge in [0.1, 0.15) is 18.2 Å². The van der Waals surface area contributed by atoms with E-state index in [1.54, 1.807) is 42.5 Å². The number of ether oxygens (including phenoxy) is 1. The molecular formula is C18H13ClFNO2S. The second-order valence-corrected chi connectivity index (χ2v) is 6.37. The van der Waals surface area contributed by atoms with Crippen molar-refractivity contribution in [3.8, 4) is 5.75 Å². The lowest BCUT2D eigenvalue weighted by atomic mass is 10.3. The van der Waals surface area contributed by atoms with Gasteiger partial charge in [-0.2, -0.15) is 0 Å². The van der Waals surface area contributed by atoms with E-state index in [-0.39, 0.29) is 11.7 Å². The maximum Gasteiger partial charge on any atom is 0.265 e. The van der Waals surface area contributed by atoms with Crippen LogP contribution in [0.15, 0.2) is 60.0 Å². The van der Waals surface area contributed by atoms with Crippen LogP contribution in [0.5, 0.6) is 5.75 Å². The van der Waals surface area contributed by atoms with E-state index in [2.05, 4.69) is 5.32 Å². The van der Waals surface area contributed by atoms with Gasteiger partial charge >= 0.3 is 0 Å². The average molecular weight is 362 g/mol. The molecule has 0 aliphatic rings. The molecule has 1 N–H and O–H groups in total. The largest absolute Gasteiger partial charge is 0.489 e. The fraction of sp³-hybridized carbons (Fsp3) is 0.0556. The predicted octanol–water partition coefficient (Wildman–Crippen LogP) is 5.37. The standard InChI is InChI=1S/C18H13ClFNO2S/c19-13-2-1-3-15(9-13)21-18(22)17-8-12(11-24-17)10-23-16-6-4-14(20)5-7-16/h1-9,11H,10H2,(H,21,22). The molecule has 2 aromatic carbocycles. The highest BCUT2D eigenvalue weighted by molar-refractivity contribution is 7.12. The van der Waals surface area contributed by atoms with E-state index >= 15 is 0 Å². The molecule has 0 saturated carbocycles. The van der Waals surface area contributed by atoms with Gasteiger partial charge in [-0.05, 0) is 53.9 Å².